The molecule has 10 nitrogen and oxygen atoms in total. The lowest BCUT2D eigenvalue weighted by Crippen LogP contribution is -2.59. The van der Waals surface area contributed by atoms with Crippen molar-refractivity contribution in [3.63, 3.8) is 0 Å². The number of ether oxygens (including phenoxy) is 2. The van der Waals surface area contributed by atoms with E-state index in [-0.39, 0.29) is 31.4 Å². The molecule has 1 spiro atoms. The highest BCUT2D eigenvalue weighted by molar-refractivity contribution is 6.05. The quantitative estimate of drug-likeness (QED) is 0.207. The average molecular weight is 672 g/mol. The minimum absolute atomic E-state index is 0.197. The first-order valence-corrected chi connectivity index (χ1v) is 17.3. The van der Waals surface area contributed by atoms with E-state index in [1.165, 1.54) is 4.90 Å². The van der Waals surface area contributed by atoms with Crippen LogP contribution in [0, 0.1) is 25.7 Å². The number of nitrogens with one attached hydrogen (secondary N) is 1. The molecule has 0 unspecified atom stereocenters. The molecule has 3 aliphatic rings. The van der Waals surface area contributed by atoms with E-state index in [1.807, 2.05) is 69.3 Å². The molecular weight excluding hydrogens is 622 g/mol. The number of fused-ring (bicyclic) bond motifs is 1. The molecule has 8 atom stereocenters. The molecular formula is C39H49N3O7. The molecule has 3 amide bonds. The van der Waals surface area contributed by atoms with Crippen LogP contribution in [0.3, 0.4) is 0 Å². The van der Waals surface area contributed by atoms with Gasteiger partial charge in [0.25, 0.3) is 5.91 Å². The summed E-state index contributed by atoms with van der Waals surface area (Å²) in [4.78, 5) is 59.7. The van der Waals surface area contributed by atoms with Gasteiger partial charge in [-0.25, -0.2) is 0 Å². The van der Waals surface area contributed by atoms with E-state index in [0.29, 0.717) is 31.2 Å². The first-order valence-electron chi connectivity index (χ1n) is 17.3. The molecule has 49 heavy (non-hydrogen) atoms. The zero-order valence-corrected chi connectivity index (χ0v) is 29.0. The Hall–Kier alpha value is -4.28. The van der Waals surface area contributed by atoms with Gasteiger partial charge in [0.2, 0.25) is 11.8 Å². The van der Waals surface area contributed by atoms with E-state index in [2.05, 4.69) is 18.5 Å². The highest BCUT2D eigenvalue weighted by atomic mass is 16.6. The average Bonchev–Trinajstić information content (AvgIpc) is 3.74. The number of rotatable bonds is 15. The van der Waals surface area contributed by atoms with Gasteiger partial charge in [-0.15, -0.1) is 13.2 Å². The lowest BCUT2D eigenvalue weighted by Gasteiger charge is -2.39. The Bertz CT molecular complexity index is 1550. The van der Waals surface area contributed by atoms with E-state index in [9.17, 15) is 24.3 Å². The number of aliphatic hydroxyl groups excluding tert-OH is 1. The van der Waals surface area contributed by atoms with Crippen molar-refractivity contribution in [2.75, 3.05) is 18.1 Å². The van der Waals surface area contributed by atoms with Gasteiger partial charge in [-0.2, -0.15) is 0 Å². The summed E-state index contributed by atoms with van der Waals surface area (Å²) in [5, 5.41) is 13.4. The van der Waals surface area contributed by atoms with Crippen molar-refractivity contribution in [3.05, 3.63) is 90.5 Å². The second-order valence-electron chi connectivity index (χ2n) is 13.5. The number of hydrogen-bond acceptors (Lipinski definition) is 7. The van der Waals surface area contributed by atoms with E-state index in [0.717, 1.165) is 16.8 Å². The van der Waals surface area contributed by atoms with Crippen molar-refractivity contribution >= 4 is 29.4 Å². The second kappa shape index (κ2) is 15.1. The molecule has 10 heteroatoms. The van der Waals surface area contributed by atoms with Crippen molar-refractivity contribution in [1.82, 2.24) is 10.2 Å². The number of para-hydroxylation sites is 1. The standard InChI is InChI=1S/C39H49N3O7/c1-7-10-19-30(44)40-26(6)34(27-17-12-11-13-18-27)48-38(47)31-29-20-21-39(49-29)32(31)36(45)42(28(9-3)23-43)35(39)37(46)41(22-8-2)33-24(4)15-14-16-25(33)5/h7-8,11-18,26,28-29,31-32,34-35,43H,1-2,9-10,19-23H2,3-6H3,(H,40,44)/t26-,28-,29+,31-,32-,34-,35+,39-/m0/s1. The molecule has 5 rings (SSSR count). The van der Waals surface area contributed by atoms with Gasteiger partial charge in [0.15, 0.2) is 0 Å². The number of carbonyl (C=O) groups excluding carboxylic acids is 4. The highest BCUT2D eigenvalue weighted by Crippen LogP contribution is 2.59. The molecule has 3 fully saturated rings. The monoisotopic (exact) mass is 671 g/mol. The number of anilines is 1. The molecule has 2 bridgehead atoms. The molecule has 0 saturated carbocycles. The van der Waals surface area contributed by atoms with Crippen LogP contribution in [0.15, 0.2) is 73.8 Å². The Balaban J connectivity index is 1.52. The fraction of sp³-hybridized carbons (Fsp3) is 0.487. The van der Waals surface area contributed by atoms with Crippen LogP contribution in [0.5, 0.6) is 0 Å². The van der Waals surface area contributed by atoms with Crippen LogP contribution in [-0.4, -0.2) is 76.7 Å². The third kappa shape index (κ3) is 6.56. The minimum Gasteiger partial charge on any atom is -0.455 e. The molecule has 0 aromatic heterocycles. The molecule has 3 saturated heterocycles. The zero-order valence-electron chi connectivity index (χ0n) is 29.0. The smallest absolute Gasteiger partial charge is 0.313 e. The molecule has 0 radical (unpaired) electrons. The summed E-state index contributed by atoms with van der Waals surface area (Å²) in [6.07, 6.45) is 3.88. The Morgan fingerprint density at radius 1 is 1.12 bits per heavy atom. The van der Waals surface area contributed by atoms with Gasteiger partial charge in [-0.3, -0.25) is 19.2 Å². The van der Waals surface area contributed by atoms with Crippen molar-refractivity contribution in [2.45, 2.75) is 95.7 Å². The number of benzene rings is 2. The number of aliphatic hydroxyl groups is 1. The van der Waals surface area contributed by atoms with Crippen molar-refractivity contribution in [3.8, 4) is 0 Å². The number of hydrogen-bond donors (Lipinski definition) is 2. The van der Waals surface area contributed by atoms with Crippen molar-refractivity contribution in [2.24, 2.45) is 11.8 Å². The van der Waals surface area contributed by atoms with Gasteiger partial charge < -0.3 is 29.7 Å². The third-order valence-electron chi connectivity index (χ3n) is 10.4. The third-order valence-corrected chi connectivity index (χ3v) is 10.4. The lowest BCUT2D eigenvalue weighted by atomic mass is 9.70. The Labute approximate surface area is 289 Å². The summed E-state index contributed by atoms with van der Waals surface area (Å²) >= 11 is 0. The number of likely N-dealkylation sites (tertiary alicyclic amines) is 1. The fourth-order valence-corrected chi connectivity index (χ4v) is 8.19. The molecule has 2 aromatic carbocycles. The number of esters is 1. The largest absolute Gasteiger partial charge is 0.455 e. The van der Waals surface area contributed by atoms with Gasteiger partial charge in [-0.05, 0) is 63.1 Å². The molecule has 2 N–H and O–H groups in total. The van der Waals surface area contributed by atoms with Crippen LogP contribution in [0.1, 0.15) is 68.7 Å². The van der Waals surface area contributed by atoms with Crippen LogP contribution in [-0.2, 0) is 28.7 Å². The first-order chi connectivity index (χ1) is 23.5. The highest BCUT2D eigenvalue weighted by Gasteiger charge is 2.75. The molecule has 262 valence electrons. The second-order valence-corrected chi connectivity index (χ2v) is 13.5. The van der Waals surface area contributed by atoms with Crippen molar-refractivity contribution in [1.29, 1.82) is 0 Å². The minimum atomic E-state index is -1.28. The predicted molar refractivity (Wildman–Crippen MR) is 186 cm³/mol. The maximum Gasteiger partial charge on any atom is 0.313 e. The SMILES string of the molecule is C=CCCC(=O)N[C@@H](C)[C@H](OC(=O)[C@@H]1[C@H]2C(=O)N([C@@H](CC)CO)[C@H](C(=O)N(CC=C)c3c(C)cccc3C)[C@]23CC[C@H]1O3)c1ccccc1. The lowest BCUT2D eigenvalue weighted by molar-refractivity contribution is -0.162. The van der Waals surface area contributed by atoms with Crippen LogP contribution < -0.4 is 10.2 Å². The maximum absolute atomic E-state index is 14.9. The van der Waals surface area contributed by atoms with Gasteiger partial charge >= 0.3 is 5.97 Å². The summed E-state index contributed by atoms with van der Waals surface area (Å²) in [5.74, 6) is -3.50. The number of amides is 3. The summed E-state index contributed by atoms with van der Waals surface area (Å²) in [6.45, 7) is 14.9. The first kappa shape index (κ1) is 36.0. The summed E-state index contributed by atoms with van der Waals surface area (Å²) < 4.78 is 12.9. The van der Waals surface area contributed by atoms with Crippen LogP contribution >= 0.6 is 0 Å². The Kier molecular flexibility index (Phi) is 11.1. The number of carbonyl (C=O) groups is 4. The summed E-state index contributed by atoms with van der Waals surface area (Å²) in [6, 6.07) is 12.7. The molecule has 2 aromatic rings. The molecule has 3 heterocycles. The van der Waals surface area contributed by atoms with Crippen LogP contribution in [0.25, 0.3) is 0 Å². The fourth-order valence-electron chi connectivity index (χ4n) is 8.19. The Morgan fingerprint density at radius 2 is 1.82 bits per heavy atom. The zero-order chi connectivity index (χ0) is 35.5. The molecule has 3 aliphatic heterocycles. The Morgan fingerprint density at radius 3 is 2.43 bits per heavy atom. The van der Waals surface area contributed by atoms with Crippen LogP contribution in [0.4, 0.5) is 5.69 Å². The normalized spacial score (nSPS) is 25.7. The van der Waals surface area contributed by atoms with Gasteiger partial charge in [0, 0.05) is 18.7 Å². The van der Waals surface area contributed by atoms with E-state index < -0.39 is 59.6 Å². The van der Waals surface area contributed by atoms with E-state index in [4.69, 9.17) is 9.47 Å². The van der Waals surface area contributed by atoms with Gasteiger partial charge in [0.05, 0.1) is 36.6 Å². The number of allylic oxidation sites excluding steroid dienone is 1. The van der Waals surface area contributed by atoms with E-state index in [1.54, 1.807) is 24.0 Å². The van der Waals surface area contributed by atoms with Crippen molar-refractivity contribution < 1.29 is 33.8 Å². The summed E-state index contributed by atoms with van der Waals surface area (Å²) in [7, 11) is 0. The van der Waals surface area contributed by atoms with Gasteiger partial charge in [0.1, 0.15) is 17.7 Å². The maximum atomic E-state index is 14.9. The van der Waals surface area contributed by atoms with Crippen LogP contribution in [0.2, 0.25) is 0 Å². The molecule has 0 aliphatic carbocycles. The van der Waals surface area contributed by atoms with E-state index >= 15 is 0 Å². The van der Waals surface area contributed by atoms with Gasteiger partial charge in [-0.1, -0.05) is 67.6 Å². The number of aryl methyl sites for hydroxylation is 2. The predicted octanol–water partition coefficient (Wildman–Crippen LogP) is 4.72. The number of nitrogens with zero attached hydrogens (tertiary/aromatic N) is 2. The summed E-state index contributed by atoms with van der Waals surface area (Å²) in [5.41, 5.74) is 1.93. The topological polar surface area (TPSA) is 125 Å².